The molecule has 0 aliphatic carbocycles. The van der Waals surface area contributed by atoms with Gasteiger partial charge in [-0.25, -0.2) is 19.9 Å². The van der Waals surface area contributed by atoms with E-state index in [0.717, 1.165) is 5.56 Å². The Labute approximate surface area is 217 Å². The number of carbonyl (C=O) groups excluding carboxylic acids is 1. The van der Waals surface area contributed by atoms with Crippen LogP contribution < -0.4 is 16.3 Å². The normalized spacial score (nSPS) is 11.2. The summed E-state index contributed by atoms with van der Waals surface area (Å²) in [6, 6.07) is 30.3. The van der Waals surface area contributed by atoms with Crippen LogP contribution in [-0.2, 0) is 0 Å². The average molecular weight is 509 g/mol. The second kappa shape index (κ2) is 10.8. The summed E-state index contributed by atoms with van der Waals surface area (Å²) in [6.45, 7) is 0. The quantitative estimate of drug-likeness (QED) is 0.161. The maximum Gasteiger partial charge on any atom is 0.339 e. The number of benzene rings is 3. The van der Waals surface area contributed by atoms with Gasteiger partial charge in [0.05, 0.1) is 16.9 Å². The Kier molecular flexibility index (Phi) is 6.91. The van der Waals surface area contributed by atoms with Gasteiger partial charge in [0.25, 0.3) is 5.56 Å². The number of nitrogens with zero attached hydrogens (tertiary/aromatic N) is 3. The van der Waals surface area contributed by atoms with Crippen LogP contribution in [0.15, 0.2) is 119 Å². The third kappa shape index (κ3) is 5.34. The summed E-state index contributed by atoms with van der Waals surface area (Å²) in [5.74, 6) is 0. The standard InChI is InChI=1S/C28H21ClN6O2/c29-23-18-20(16-17-30-23)25(32-33-28(37)31-21-12-6-2-7-13-21)24-26(19-10-4-1-5-11-19)34-35(27(24)36)22-14-8-3-9-15-22/h1-18,34H,(H2,31,33,37)/b32-25-. The third-order valence-electron chi connectivity index (χ3n) is 5.51. The van der Waals surface area contributed by atoms with Crippen molar-refractivity contribution in [3.63, 3.8) is 0 Å². The minimum Gasteiger partial charge on any atom is -0.307 e. The molecule has 0 saturated carbocycles. The molecule has 0 spiro atoms. The lowest BCUT2D eigenvalue weighted by molar-refractivity contribution is 0.252. The fourth-order valence-electron chi connectivity index (χ4n) is 3.83. The molecule has 0 radical (unpaired) electrons. The van der Waals surface area contributed by atoms with E-state index in [1.54, 1.807) is 36.4 Å². The molecule has 2 aromatic heterocycles. The molecule has 0 bridgehead atoms. The lowest BCUT2D eigenvalue weighted by atomic mass is 10.00. The third-order valence-corrected chi connectivity index (χ3v) is 5.71. The van der Waals surface area contributed by atoms with Gasteiger partial charge < -0.3 is 5.32 Å². The number of urea groups is 1. The van der Waals surface area contributed by atoms with Crippen molar-refractivity contribution in [1.29, 1.82) is 0 Å². The van der Waals surface area contributed by atoms with Crippen LogP contribution in [-0.4, -0.2) is 26.5 Å². The minimum absolute atomic E-state index is 0.221. The Bertz CT molecular complexity index is 1610. The smallest absolute Gasteiger partial charge is 0.307 e. The molecule has 8 nitrogen and oxygen atoms in total. The summed E-state index contributed by atoms with van der Waals surface area (Å²) in [7, 11) is 0. The van der Waals surface area contributed by atoms with Crippen molar-refractivity contribution in [2.45, 2.75) is 0 Å². The molecule has 0 aliphatic rings. The molecule has 3 aromatic carbocycles. The van der Waals surface area contributed by atoms with Crippen LogP contribution in [0.5, 0.6) is 0 Å². The number of hydrogen-bond donors (Lipinski definition) is 3. The molecule has 37 heavy (non-hydrogen) atoms. The van der Waals surface area contributed by atoms with Crippen molar-refractivity contribution in [2.24, 2.45) is 5.10 Å². The van der Waals surface area contributed by atoms with Gasteiger partial charge in [0, 0.05) is 23.0 Å². The maximum atomic E-state index is 13.9. The topological polar surface area (TPSA) is 104 Å². The monoisotopic (exact) mass is 508 g/mol. The van der Waals surface area contributed by atoms with Crippen molar-refractivity contribution in [2.75, 3.05) is 5.32 Å². The molecule has 3 N–H and O–H groups in total. The summed E-state index contributed by atoms with van der Waals surface area (Å²) in [6.07, 6.45) is 1.52. The summed E-state index contributed by atoms with van der Waals surface area (Å²) >= 11 is 6.19. The second-order valence-corrected chi connectivity index (χ2v) is 8.35. The zero-order chi connectivity index (χ0) is 25.6. The van der Waals surface area contributed by atoms with Gasteiger partial charge in [0.15, 0.2) is 0 Å². The fraction of sp³-hybridized carbons (Fsp3) is 0. The molecule has 5 rings (SSSR count). The van der Waals surface area contributed by atoms with Crippen LogP contribution in [0, 0.1) is 0 Å². The molecule has 0 atom stereocenters. The van der Waals surface area contributed by atoms with E-state index >= 15 is 0 Å². The molecule has 2 amide bonds. The number of hydrogen-bond acceptors (Lipinski definition) is 4. The molecule has 0 unspecified atom stereocenters. The van der Waals surface area contributed by atoms with Gasteiger partial charge in [-0.2, -0.15) is 5.10 Å². The maximum absolute atomic E-state index is 13.9. The number of aromatic nitrogens is 3. The number of aromatic amines is 1. The lowest BCUT2D eigenvalue weighted by Crippen LogP contribution is -2.28. The number of rotatable bonds is 6. The number of hydrazone groups is 1. The van der Waals surface area contributed by atoms with Gasteiger partial charge in [-0.15, -0.1) is 0 Å². The molecule has 0 saturated heterocycles. The Balaban J connectivity index is 1.66. The number of pyridine rings is 1. The average Bonchev–Trinajstić information content (AvgIpc) is 3.27. The Morgan fingerprint density at radius 2 is 1.54 bits per heavy atom. The van der Waals surface area contributed by atoms with Crippen molar-refractivity contribution in [1.82, 2.24) is 20.2 Å². The largest absolute Gasteiger partial charge is 0.339 e. The van der Waals surface area contributed by atoms with Crippen molar-refractivity contribution < 1.29 is 4.79 Å². The molecule has 182 valence electrons. The predicted octanol–water partition coefficient (Wildman–Crippen LogP) is 5.46. The van der Waals surface area contributed by atoms with Crippen LogP contribution >= 0.6 is 11.6 Å². The number of halogens is 1. The van der Waals surface area contributed by atoms with E-state index in [9.17, 15) is 9.59 Å². The lowest BCUT2D eigenvalue weighted by Gasteiger charge is -2.09. The summed E-state index contributed by atoms with van der Waals surface area (Å²) in [5, 5.41) is 10.5. The fourth-order valence-corrected chi connectivity index (χ4v) is 4.01. The van der Waals surface area contributed by atoms with Gasteiger partial charge in [-0.05, 0) is 36.4 Å². The Morgan fingerprint density at radius 1 is 0.892 bits per heavy atom. The first-order valence-corrected chi connectivity index (χ1v) is 11.8. The number of H-pyrrole nitrogens is 1. The first-order chi connectivity index (χ1) is 18.1. The van der Waals surface area contributed by atoms with E-state index in [1.165, 1.54) is 10.9 Å². The van der Waals surface area contributed by atoms with Crippen molar-refractivity contribution >= 4 is 29.0 Å². The van der Waals surface area contributed by atoms with E-state index in [0.29, 0.717) is 22.6 Å². The highest BCUT2D eigenvalue weighted by molar-refractivity contribution is 6.30. The summed E-state index contributed by atoms with van der Waals surface area (Å²) in [4.78, 5) is 30.6. The van der Waals surface area contributed by atoms with E-state index in [2.05, 4.69) is 25.9 Å². The van der Waals surface area contributed by atoms with Gasteiger partial charge in [0.2, 0.25) is 0 Å². The van der Waals surface area contributed by atoms with Gasteiger partial charge >= 0.3 is 6.03 Å². The van der Waals surface area contributed by atoms with Gasteiger partial charge in [0.1, 0.15) is 10.9 Å². The predicted molar refractivity (Wildman–Crippen MR) is 145 cm³/mol. The number of amides is 2. The first-order valence-electron chi connectivity index (χ1n) is 11.4. The first kappa shape index (κ1) is 23.8. The Hall–Kier alpha value is -4.95. The van der Waals surface area contributed by atoms with Crippen molar-refractivity contribution in [3.8, 4) is 16.9 Å². The summed E-state index contributed by atoms with van der Waals surface area (Å²) < 4.78 is 1.44. The summed E-state index contributed by atoms with van der Waals surface area (Å²) in [5.41, 5.74) is 5.72. The number of carbonyl (C=O) groups is 1. The molecule has 5 aromatic rings. The van der Waals surface area contributed by atoms with E-state index in [-0.39, 0.29) is 22.0 Å². The highest BCUT2D eigenvalue weighted by Crippen LogP contribution is 2.24. The molecule has 0 fully saturated rings. The highest BCUT2D eigenvalue weighted by Gasteiger charge is 2.23. The van der Waals surface area contributed by atoms with Crippen LogP contribution in [0.2, 0.25) is 5.15 Å². The van der Waals surface area contributed by atoms with Crippen LogP contribution in [0.25, 0.3) is 16.9 Å². The Morgan fingerprint density at radius 3 is 2.22 bits per heavy atom. The van der Waals surface area contributed by atoms with Crippen LogP contribution in [0.4, 0.5) is 10.5 Å². The number of anilines is 1. The molecule has 9 heteroatoms. The molecular weight excluding hydrogens is 488 g/mol. The van der Waals surface area contributed by atoms with Gasteiger partial charge in [-0.3, -0.25) is 9.89 Å². The van der Waals surface area contributed by atoms with Gasteiger partial charge in [-0.1, -0.05) is 78.3 Å². The van der Waals surface area contributed by atoms with Crippen LogP contribution in [0.1, 0.15) is 11.1 Å². The molecular formula is C28H21ClN6O2. The van der Waals surface area contributed by atoms with E-state index < -0.39 is 6.03 Å². The van der Waals surface area contributed by atoms with E-state index in [1.807, 2.05) is 66.7 Å². The number of para-hydroxylation sites is 2. The minimum atomic E-state index is -0.566. The SMILES string of the molecule is O=C(N/N=C(/c1ccnc(Cl)c1)c1c(-c2ccccc2)[nH]n(-c2ccccc2)c1=O)Nc1ccccc1. The zero-order valence-electron chi connectivity index (χ0n) is 19.4. The number of nitrogens with one attached hydrogen (secondary N) is 3. The highest BCUT2D eigenvalue weighted by atomic mass is 35.5. The molecule has 2 heterocycles. The molecule has 0 aliphatic heterocycles. The van der Waals surface area contributed by atoms with E-state index in [4.69, 9.17) is 11.6 Å². The zero-order valence-corrected chi connectivity index (χ0v) is 20.2. The second-order valence-electron chi connectivity index (χ2n) is 7.96. The van der Waals surface area contributed by atoms with Crippen LogP contribution in [0.3, 0.4) is 0 Å². The van der Waals surface area contributed by atoms with Crippen molar-refractivity contribution in [3.05, 3.63) is 136 Å².